The van der Waals surface area contributed by atoms with Crippen LogP contribution in [-0.4, -0.2) is 14.5 Å². The Hall–Kier alpha value is -4.89. The highest BCUT2D eigenvalue weighted by Crippen LogP contribution is 2.41. The lowest BCUT2D eigenvalue weighted by molar-refractivity contribution is 0.441. The van der Waals surface area contributed by atoms with Gasteiger partial charge in [-0.25, -0.2) is 0 Å². The molecule has 0 amide bonds. The molecule has 1 N–H and O–H groups in total. The van der Waals surface area contributed by atoms with E-state index < -0.39 is 0 Å². The zero-order valence-electron chi connectivity index (χ0n) is 22.6. The summed E-state index contributed by atoms with van der Waals surface area (Å²) in [6, 6.07) is 38.5. The number of aromatic nitrogens is 3. The van der Waals surface area contributed by atoms with Crippen molar-refractivity contribution in [3.05, 3.63) is 140 Å². The van der Waals surface area contributed by atoms with Gasteiger partial charge in [0.15, 0.2) is 0 Å². The van der Waals surface area contributed by atoms with Crippen LogP contribution in [0.15, 0.2) is 134 Å². The summed E-state index contributed by atoms with van der Waals surface area (Å²) in [5.41, 5.74) is 7.66. The molecule has 1 atom stereocenters. The van der Waals surface area contributed by atoms with E-state index in [0.29, 0.717) is 0 Å². The molecular weight excluding hydrogens is 486 g/mol. The molecule has 194 valence electrons. The number of nitrogens with one attached hydrogen (secondary N) is 1. The van der Waals surface area contributed by atoms with Crippen LogP contribution in [0.25, 0.3) is 54.9 Å². The zero-order chi connectivity index (χ0) is 27.1. The van der Waals surface area contributed by atoms with Crippen LogP contribution in [0.5, 0.6) is 0 Å². The van der Waals surface area contributed by atoms with Gasteiger partial charge >= 0.3 is 0 Å². The molecule has 0 spiro atoms. The number of para-hydroxylation sites is 2. The molecule has 1 unspecified atom stereocenters. The van der Waals surface area contributed by atoms with Crippen molar-refractivity contribution in [2.24, 2.45) is 0 Å². The molecule has 40 heavy (non-hydrogen) atoms. The summed E-state index contributed by atoms with van der Waals surface area (Å²) in [6.07, 6.45) is 8.20. The fourth-order valence-corrected chi connectivity index (χ4v) is 6.22. The van der Waals surface area contributed by atoms with Crippen LogP contribution in [0.2, 0.25) is 0 Å². The minimum Gasteiger partial charge on any atom is -0.353 e. The first-order valence-electron chi connectivity index (χ1n) is 13.9. The molecule has 0 saturated carbocycles. The summed E-state index contributed by atoms with van der Waals surface area (Å²) >= 11 is 0. The molecule has 0 radical (unpaired) electrons. The largest absolute Gasteiger partial charge is 0.353 e. The van der Waals surface area contributed by atoms with Gasteiger partial charge in [-0.05, 0) is 37.6 Å². The van der Waals surface area contributed by atoms with Gasteiger partial charge < -0.3 is 9.55 Å². The van der Waals surface area contributed by atoms with Gasteiger partial charge in [-0.1, -0.05) is 103 Å². The Morgan fingerprint density at radius 3 is 2.38 bits per heavy atom. The molecule has 0 aliphatic heterocycles. The Labute approximate surface area is 234 Å². The van der Waals surface area contributed by atoms with E-state index in [9.17, 15) is 0 Å². The normalized spacial score (nSPS) is 13.5. The van der Waals surface area contributed by atoms with Crippen molar-refractivity contribution in [3.8, 4) is 11.3 Å². The van der Waals surface area contributed by atoms with Crippen LogP contribution in [0.1, 0.15) is 19.0 Å². The zero-order valence-corrected chi connectivity index (χ0v) is 22.6. The number of nitrogens with zero attached hydrogens (tertiary/aromatic N) is 2. The van der Waals surface area contributed by atoms with E-state index >= 15 is 0 Å². The molecule has 0 aliphatic carbocycles. The summed E-state index contributed by atoms with van der Waals surface area (Å²) in [5.74, 6) is 0. The van der Waals surface area contributed by atoms with Gasteiger partial charge in [-0.2, -0.15) is 0 Å². The average Bonchev–Trinajstić information content (AvgIpc) is 3.54. The van der Waals surface area contributed by atoms with Gasteiger partial charge in [-0.15, -0.1) is 6.58 Å². The van der Waals surface area contributed by atoms with Crippen LogP contribution in [0, 0.1) is 0 Å². The molecule has 0 aliphatic rings. The third-order valence-corrected chi connectivity index (χ3v) is 8.06. The van der Waals surface area contributed by atoms with Crippen LogP contribution in [0.4, 0.5) is 0 Å². The monoisotopic (exact) mass is 517 g/mol. The van der Waals surface area contributed by atoms with Gasteiger partial charge in [0, 0.05) is 50.3 Å². The highest BCUT2D eigenvalue weighted by molar-refractivity contribution is 6.22. The number of pyridine rings is 1. The highest BCUT2D eigenvalue weighted by atomic mass is 15.1. The highest BCUT2D eigenvalue weighted by Gasteiger charge is 2.28. The summed E-state index contributed by atoms with van der Waals surface area (Å²) in [4.78, 5) is 8.71. The number of H-pyrrole nitrogens is 1. The van der Waals surface area contributed by atoms with E-state index in [1.165, 1.54) is 38.1 Å². The smallest absolute Gasteiger partial charge is 0.0744 e. The van der Waals surface area contributed by atoms with Crippen molar-refractivity contribution in [3.63, 3.8) is 0 Å². The molecule has 7 aromatic rings. The fraction of sp³-hybridized carbons (Fsp3) is 0.108. The second-order valence-electron chi connectivity index (χ2n) is 10.7. The molecule has 3 heteroatoms. The van der Waals surface area contributed by atoms with Gasteiger partial charge in [0.25, 0.3) is 0 Å². The van der Waals surface area contributed by atoms with E-state index in [2.05, 4.69) is 138 Å². The number of aromatic amines is 1. The van der Waals surface area contributed by atoms with Crippen molar-refractivity contribution >= 4 is 43.6 Å². The van der Waals surface area contributed by atoms with Crippen LogP contribution >= 0.6 is 0 Å². The van der Waals surface area contributed by atoms with Gasteiger partial charge in [-0.3, -0.25) is 4.98 Å². The topological polar surface area (TPSA) is 33.6 Å². The molecule has 3 nitrogen and oxygen atoms in total. The number of rotatable bonds is 7. The SMILES string of the molecule is C=CCC(C)(/C=C\Cc1cccc(-c2ccccc2)n1)n1c2ccccc2c2ccc3c4ccccc4[nH]c3c21. The summed E-state index contributed by atoms with van der Waals surface area (Å²) < 4.78 is 2.52. The van der Waals surface area contributed by atoms with E-state index in [-0.39, 0.29) is 5.54 Å². The predicted octanol–water partition coefficient (Wildman–Crippen LogP) is 9.58. The van der Waals surface area contributed by atoms with Gasteiger partial charge in [0.2, 0.25) is 0 Å². The molecule has 0 fully saturated rings. The Bertz CT molecular complexity index is 2040. The third-order valence-electron chi connectivity index (χ3n) is 8.06. The first-order valence-corrected chi connectivity index (χ1v) is 13.9. The molecule has 3 aromatic heterocycles. The van der Waals surface area contributed by atoms with E-state index in [0.717, 1.165) is 35.3 Å². The maximum Gasteiger partial charge on any atom is 0.0744 e. The number of allylic oxidation sites excluding steroid dienone is 3. The number of hydrogen-bond donors (Lipinski definition) is 1. The Morgan fingerprint density at radius 1 is 0.775 bits per heavy atom. The van der Waals surface area contributed by atoms with Crippen molar-refractivity contribution < 1.29 is 0 Å². The first kappa shape index (κ1) is 24.2. The molecule has 3 heterocycles. The van der Waals surface area contributed by atoms with E-state index in [1.807, 2.05) is 12.1 Å². The Kier molecular flexibility index (Phi) is 5.86. The second-order valence-corrected chi connectivity index (χ2v) is 10.7. The average molecular weight is 518 g/mol. The maximum absolute atomic E-state index is 4.95. The van der Waals surface area contributed by atoms with E-state index in [4.69, 9.17) is 4.98 Å². The van der Waals surface area contributed by atoms with Crippen LogP contribution in [0.3, 0.4) is 0 Å². The van der Waals surface area contributed by atoms with Crippen LogP contribution < -0.4 is 0 Å². The predicted molar refractivity (Wildman–Crippen MR) is 170 cm³/mol. The van der Waals surface area contributed by atoms with Crippen molar-refractivity contribution in [1.82, 2.24) is 14.5 Å². The molecule has 7 rings (SSSR count). The minimum absolute atomic E-state index is 0.328. The third kappa shape index (κ3) is 3.94. The Morgan fingerprint density at radius 2 is 1.52 bits per heavy atom. The number of fused-ring (bicyclic) bond motifs is 7. The molecule has 0 bridgehead atoms. The standard InChI is InChI=1S/C37H31N3/c1-3-24-37(2,25-12-16-27-15-11-20-32(38-27)26-13-5-4-6-14-26)40-34-21-10-8-18-29(34)31-23-22-30-28-17-7-9-19-33(28)39-35(30)36(31)40/h3-15,17-23,25,39H,1,16,24H2,2H3/b25-12-. The summed E-state index contributed by atoms with van der Waals surface area (Å²) in [5, 5.41) is 5.02. The van der Waals surface area contributed by atoms with Crippen molar-refractivity contribution in [2.45, 2.75) is 25.3 Å². The molecule has 4 aromatic carbocycles. The lowest BCUT2D eigenvalue weighted by Crippen LogP contribution is -2.27. The first-order chi connectivity index (χ1) is 19.7. The maximum atomic E-state index is 4.95. The summed E-state index contributed by atoms with van der Waals surface area (Å²) in [6.45, 7) is 6.47. The molecular formula is C37H31N3. The quantitative estimate of drug-likeness (QED) is 0.210. The Balaban J connectivity index is 1.38. The number of benzene rings is 4. The fourth-order valence-electron chi connectivity index (χ4n) is 6.22. The minimum atomic E-state index is -0.328. The van der Waals surface area contributed by atoms with Crippen molar-refractivity contribution in [1.29, 1.82) is 0 Å². The lowest BCUT2D eigenvalue weighted by Gasteiger charge is -2.30. The van der Waals surface area contributed by atoms with E-state index in [1.54, 1.807) is 0 Å². The molecule has 0 saturated heterocycles. The second kappa shape index (κ2) is 9.69. The number of hydrogen-bond acceptors (Lipinski definition) is 1. The van der Waals surface area contributed by atoms with Gasteiger partial charge in [0.05, 0.1) is 22.3 Å². The van der Waals surface area contributed by atoms with Crippen molar-refractivity contribution in [2.75, 3.05) is 0 Å². The van der Waals surface area contributed by atoms with Crippen LogP contribution in [-0.2, 0) is 12.0 Å². The summed E-state index contributed by atoms with van der Waals surface area (Å²) in [7, 11) is 0. The lowest BCUT2D eigenvalue weighted by atomic mass is 9.95. The van der Waals surface area contributed by atoms with Gasteiger partial charge in [0.1, 0.15) is 0 Å².